The zero-order valence-electron chi connectivity index (χ0n) is 8.76. The number of rotatable bonds is 7. The average molecular weight is 204 g/mol. The second kappa shape index (κ2) is 7.80. The highest BCUT2D eigenvalue weighted by Gasteiger charge is 1.86. The standard InChI is InChI=1S/C13H16O2/c14-12-15-11-7-2-1-4-8-13-9-5-3-6-10-13/h1,3-6,9-10,12H,2,7-8,11H2/b4-1+. The van der Waals surface area contributed by atoms with E-state index in [9.17, 15) is 4.79 Å². The second-order valence-electron chi connectivity index (χ2n) is 3.27. The summed E-state index contributed by atoms with van der Waals surface area (Å²) in [6.07, 6.45) is 7.09. The third kappa shape index (κ3) is 5.68. The van der Waals surface area contributed by atoms with Gasteiger partial charge in [0.15, 0.2) is 0 Å². The van der Waals surface area contributed by atoms with Gasteiger partial charge in [0.2, 0.25) is 0 Å². The summed E-state index contributed by atoms with van der Waals surface area (Å²) in [6, 6.07) is 10.3. The minimum absolute atomic E-state index is 0.494. The van der Waals surface area contributed by atoms with Crippen LogP contribution in [-0.4, -0.2) is 13.1 Å². The number of unbranched alkanes of at least 4 members (excludes halogenated alkanes) is 1. The Labute approximate surface area is 90.6 Å². The number of hydrogen-bond donors (Lipinski definition) is 0. The minimum Gasteiger partial charge on any atom is -0.468 e. The molecule has 0 saturated heterocycles. The Bertz CT molecular complexity index is 291. The molecule has 15 heavy (non-hydrogen) atoms. The topological polar surface area (TPSA) is 26.3 Å². The summed E-state index contributed by atoms with van der Waals surface area (Å²) in [6.45, 7) is 1.01. The van der Waals surface area contributed by atoms with Crippen molar-refractivity contribution >= 4 is 6.47 Å². The molecule has 0 aliphatic rings. The minimum atomic E-state index is 0.494. The lowest BCUT2D eigenvalue weighted by atomic mass is 10.1. The lowest BCUT2D eigenvalue weighted by molar-refractivity contribution is -0.128. The summed E-state index contributed by atoms with van der Waals surface area (Å²) >= 11 is 0. The number of hydrogen-bond acceptors (Lipinski definition) is 2. The van der Waals surface area contributed by atoms with E-state index in [0.29, 0.717) is 13.1 Å². The van der Waals surface area contributed by atoms with Crippen molar-refractivity contribution in [3.63, 3.8) is 0 Å². The molecule has 2 heteroatoms. The molecule has 0 fully saturated rings. The van der Waals surface area contributed by atoms with E-state index in [1.54, 1.807) is 0 Å². The van der Waals surface area contributed by atoms with Gasteiger partial charge in [0.05, 0.1) is 6.61 Å². The molecule has 0 spiro atoms. The smallest absolute Gasteiger partial charge is 0.293 e. The quantitative estimate of drug-likeness (QED) is 0.388. The predicted molar refractivity (Wildman–Crippen MR) is 60.5 cm³/mol. The lowest BCUT2D eigenvalue weighted by Gasteiger charge is -1.95. The maximum atomic E-state index is 9.84. The van der Waals surface area contributed by atoms with E-state index < -0.39 is 0 Å². The van der Waals surface area contributed by atoms with Crippen LogP contribution in [0.5, 0.6) is 0 Å². The van der Waals surface area contributed by atoms with Crippen molar-refractivity contribution in [2.45, 2.75) is 19.3 Å². The molecule has 0 aliphatic carbocycles. The van der Waals surface area contributed by atoms with E-state index in [1.807, 2.05) is 18.2 Å². The molecule has 1 aromatic rings. The molecule has 0 atom stereocenters. The zero-order chi connectivity index (χ0) is 10.8. The van der Waals surface area contributed by atoms with Gasteiger partial charge >= 0.3 is 0 Å². The van der Waals surface area contributed by atoms with Crippen LogP contribution in [0.1, 0.15) is 18.4 Å². The van der Waals surface area contributed by atoms with Crippen LogP contribution < -0.4 is 0 Å². The predicted octanol–water partition coefficient (Wildman–Crippen LogP) is 2.74. The van der Waals surface area contributed by atoms with Gasteiger partial charge in [0.25, 0.3) is 6.47 Å². The third-order valence-electron chi connectivity index (χ3n) is 2.06. The van der Waals surface area contributed by atoms with E-state index in [0.717, 1.165) is 19.3 Å². The van der Waals surface area contributed by atoms with E-state index in [2.05, 4.69) is 29.0 Å². The number of allylic oxidation sites excluding steroid dienone is 2. The molecule has 1 rings (SSSR count). The van der Waals surface area contributed by atoms with Gasteiger partial charge in [0.1, 0.15) is 0 Å². The highest BCUT2D eigenvalue weighted by atomic mass is 16.5. The Morgan fingerprint density at radius 1 is 1.13 bits per heavy atom. The molecule has 0 unspecified atom stereocenters. The highest BCUT2D eigenvalue weighted by molar-refractivity contribution is 5.36. The summed E-state index contributed by atoms with van der Waals surface area (Å²) in [5.74, 6) is 0. The molecule has 2 nitrogen and oxygen atoms in total. The Morgan fingerprint density at radius 2 is 1.93 bits per heavy atom. The number of ether oxygens (including phenoxy) is 1. The Morgan fingerprint density at radius 3 is 2.67 bits per heavy atom. The summed E-state index contributed by atoms with van der Waals surface area (Å²) in [5.41, 5.74) is 1.32. The number of carbonyl (C=O) groups excluding carboxylic acids is 1. The Hall–Kier alpha value is -1.57. The van der Waals surface area contributed by atoms with Gasteiger partial charge in [-0.05, 0) is 24.8 Å². The fourth-order valence-corrected chi connectivity index (χ4v) is 1.28. The van der Waals surface area contributed by atoms with Gasteiger partial charge < -0.3 is 4.74 Å². The molecule has 0 N–H and O–H groups in total. The van der Waals surface area contributed by atoms with Crippen LogP contribution in [0.3, 0.4) is 0 Å². The second-order valence-corrected chi connectivity index (χ2v) is 3.27. The first-order valence-corrected chi connectivity index (χ1v) is 5.17. The molecule has 80 valence electrons. The van der Waals surface area contributed by atoms with Crippen LogP contribution in [-0.2, 0) is 16.0 Å². The SMILES string of the molecule is O=COCCC/C=C/Cc1ccccc1. The first-order valence-electron chi connectivity index (χ1n) is 5.17. The monoisotopic (exact) mass is 204 g/mol. The van der Waals surface area contributed by atoms with Gasteiger partial charge in [-0.15, -0.1) is 0 Å². The molecular formula is C13H16O2. The summed E-state index contributed by atoms with van der Waals surface area (Å²) < 4.78 is 4.58. The molecule has 0 heterocycles. The van der Waals surface area contributed by atoms with E-state index in [1.165, 1.54) is 5.56 Å². The summed E-state index contributed by atoms with van der Waals surface area (Å²) in [5, 5.41) is 0. The molecule has 1 aromatic carbocycles. The van der Waals surface area contributed by atoms with E-state index in [-0.39, 0.29) is 0 Å². The van der Waals surface area contributed by atoms with Crippen LogP contribution in [0.2, 0.25) is 0 Å². The zero-order valence-corrected chi connectivity index (χ0v) is 8.76. The fourth-order valence-electron chi connectivity index (χ4n) is 1.28. The molecule has 0 bridgehead atoms. The maximum Gasteiger partial charge on any atom is 0.293 e. The highest BCUT2D eigenvalue weighted by Crippen LogP contribution is 2.01. The molecule has 0 saturated carbocycles. The van der Waals surface area contributed by atoms with Crippen LogP contribution in [0.4, 0.5) is 0 Å². The summed E-state index contributed by atoms with van der Waals surface area (Å²) in [7, 11) is 0. The normalized spacial score (nSPS) is 10.4. The molecule has 0 amide bonds. The van der Waals surface area contributed by atoms with Crippen LogP contribution in [0, 0.1) is 0 Å². The van der Waals surface area contributed by atoms with Crippen molar-refractivity contribution in [2.75, 3.05) is 6.61 Å². The van der Waals surface area contributed by atoms with Crippen molar-refractivity contribution in [1.29, 1.82) is 0 Å². The third-order valence-corrected chi connectivity index (χ3v) is 2.06. The van der Waals surface area contributed by atoms with Crippen molar-refractivity contribution in [1.82, 2.24) is 0 Å². The lowest BCUT2D eigenvalue weighted by Crippen LogP contribution is -1.89. The van der Waals surface area contributed by atoms with Crippen molar-refractivity contribution < 1.29 is 9.53 Å². The molecule has 0 aromatic heterocycles. The number of benzene rings is 1. The van der Waals surface area contributed by atoms with Gasteiger partial charge in [-0.3, -0.25) is 4.79 Å². The van der Waals surface area contributed by atoms with Crippen molar-refractivity contribution in [3.05, 3.63) is 48.0 Å². The first kappa shape index (κ1) is 11.5. The van der Waals surface area contributed by atoms with Gasteiger partial charge in [-0.1, -0.05) is 42.5 Å². The molecular weight excluding hydrogens is 188 g/mol. The van der Waals surface area contributed by atoms with E-state index in [4.69, 9.17) is 0 Å². The number of carbonyl (C=O) groups is 1. The van der Waals surface area contributed by atoms with Crippen LogP contribution in [0.15, 0.2) is 42.5 Å². The van der Waals surface area contributed by atoms with Crippen LogP contribution in [0.25, 0.3) is 0 Å². The Balaban J connectivity index is 2.09. The Kier molecular flexibility index (Phi) is 5.98. The molecule has 0 aliphatic heterocycles. The van der Waals surface area contributed by atoms with Gasteiger partial charge in [0, 0.05) is 0 Å². The van der Waals surface area contributed by atoms with Crippen molar-refractivity contribution in [2.24, 2.45) is 0 Å². The average Bonchev–Trinajstić information content (AvgIpc) is 2.29. The van der Waals surface area contributed by atoms with Crippen molar-refractivity contribution in [3.8, 4) is 0 Å². The van der Waals surface area contributed by atoms with E-state index >= 15 is 0 Å². The fraction of sp³-hybridized carbons (Fsp3) is 0.308. The van der Waals surface area contributed by atoms with Gasteiger partial charge in [-0.25, -0.2) is 0 Å². The summed E-state index contributed by atoms with van der Waals surface area (Å²) in [4.78, 5) is 9.84. The van der Waals surface area contributed by atoms with Crippen LogP contribution >= 0.6 is 0 Å². The van der Waals surface area contributed by atoms with Gasteiger partial charge in [-0.2, -0.15) is 0 Å². The maximum absolute atomic E-state index is 9.84. The first-order chi connectivity index (χ1) is 7.43. The largest absolute Gasteiger partial charge is 0.468 e. The molecule has 0 radical (unpaired) electrons.